The number of aromatic hydroxyl groups is 1. The molecule has 5 heteroatoms. The number of rotatable bonds is 5. The third-order valence-corrected chi connectivity index (χ3v) is 3.97. The van der Waals surface area contributed by atoms with E-state index in [4.69, 9.17) is 9.47 Å². The molecule has 0 aliphatic rings. The Morgan fingerprint density at radius 3 is 2.32 bits per heavy atom. The van der Waals surface area contributed by atoms with Gasteiger partial charge in [0.25, 0.3) is 5.56 Å². The van der Waals surface area contributed by atoms with Crippen molar-refractivity contribution in [2.45, 2.75) is 6.54 Å². The van der Waals surface area contributed by atoms with Crippen LogP contribution in [0.1, 0.15) is 5.56 Å². The fourth-order valence-corrected chi connectivity index (χ4v) is 2.76. The molecule has 0 radical (unpaired) electrons. The van der Waals surface area contributed by atoms with Crippen molar-refractivity contribution in [3.8, 4) is 28.5 Å². The van der Waals surface area contributed by atoms with Crippen molar-refractivity contribution in [2.75, 3.05) is 14.2 Å². The highest BCUT2D eigenvalue weighted by molar-refractivity contribution is 5.61. The Bertz CT molecular complexity index is 932. The predicted octanol–water partition coefficient (Wildman–Crippen LogP) is 3.29. The Morgan fingerprint density at radius 2 is 1.64 bits per heavy atom. The Kier molecular flexibility index (Phi) is 4.75. The van der Waals surface area contributed by atoms with E-state index < -0.39 is 0 Å². The molecule has 3 rings (SSSR count). The van der Waals surface area contributed by atoms with Gasteiger partial charge in [-0.15, -0.1) is 0 Å². The maximum atomic E-state index is 12.5. The first kappa shape index (κ1) is 16.6. The monoisotopic (exact) mass is 337 g/mol. The third-order valence-electron chi connectivity index (χ3n) is 3.97. The molecule has 5 nitrogen and oxygen atoms in total. The third kappa shape index (κ3) is 3.50. The normalized spacial score (nSPS) is 10.5. The van der Waals surface area contributed by atoms with Gasteiger partial charge in [-0.2, -0.15) is 0 Å². The number of ether oxygens (including phenoxy) is 2. The van der Waals surface area contributed by atoms with Crippen LogP contribution in [-0.2, 0) is 6.54 Å². The van der Waals surface area contributed by atoms with E-state index in [1.165, 1.54) is 6.07 Å². The molecule has 0 saturated carbocycles. The smallest absolute Gasteiger partial charge is 0.255 e. The summed E-state index contributed by atoms with van der Waals surface area (Å²) >= 11 is 0. The summed E-state index contributed by atoms with van der Waals surface area (Å²) in [6, 6.07) is 17.8. The molecule has 0 spiro atoms. The van der Waals surface area contributed by atoms with Crippen LogP contribution in [0.15, 0.2) is 65.5 Å². The van der Waals surface area contributed by atoms with E-state index >= 15 is 0 Å². The Morgan fingerprint density at radius 1 is 0.920 bits per heavy atom. The molecule has 1 N–H and O–H groups in total. The summed E-state index contributed by atoms with van der Waals surface area (Å²) < 4.78 is 12.2. The minimum atomic E-state index is -0.270. The van der Waals surface area contributed by atoms with Gasteiger partial charge in [-0.05, 0) is 23.3 Å². The zero-order chi connectivity index (χ0) is 17.8. The first-order valence-corrected chi connectivity index (χ1v) is 7.82. The number of hydrogen-bond acceptors (Lipinski definition) is 4. The summed E-state index contributed by atoms with van der Waals surface area (Å²) in [5.41, 5.74) is 2.13. The van der Waals surface area contributed by atoms with Crippen LogP contribution in [0.5, 0.6) is 17.2 Å². The second-order valence-electron chi connectivity index (χ2n) is 5.58. The van der Waals surface area contributed by atoms with Gasteiger partial charge in [-0.25, -0.2) is 0 Å². The van der Waals surface area contributed by atoms with Crippen LogP contribution in [0.3, 0.4) is 0 Å². The number of benzene rings is 2. The molecule has 128 valence electrons. The number of methoxy groups -OCH3 is 2. The lowest BCUT2D eigenvalue weighted by atomic mass is 10.1. The average Bonchev–Trinajstić information content (AvgIpc) is 2.64. The van der Waals surface area contributed by atoms with Crippen molar-refractivity contribution in [3.63, 3.8) is 0 Å². The summed E-state index contributed by atoms with van der Waals surface area (Å²) in [4.78, 5) is 12.5. The van der Waals surface area contributed by atoms with Crippen molar-refractivity contribution in [3.05, 3.63) is 76.6 Å². The van der Waals surface area contributed by atoms with E-state index in [9.17, 15) is 9.90 Å². The van der Waals surface area contributed by atoms with Gasteiger partial charge in [0.05, 0.1) is 26.5 Å². The summed E-state index contributed by atoms with van der Waals surface area (Å²) in [7, 11) is 3.15. The zero-order valence-electron chi connectivity index (χ0n) is 14.1. The quantitative estimate of drug-likeness (QED) is 0.776. The van der Waals surface area contributed by atoms with Crippen LogP contribution < -0.4 is 15.0 Å². The zero-order valence-corrected chi connectivity index (χ0v) is 14.1. The summed E-state index contributed by atoms with van der Waals surface area (Å²) in [6.45, 7) is 0.351. The molecule has 25 heavy (non-hydrogen) atoms. The summed E-state index contributed by atoms with van der Waals surface area (Å²) in [6.07, 6.45) is 0. The van der Waals surface area contributed by atoms with Crippen LogP contribution in [0, 0.1) is 0 Å². The van der Waals surface area contributed by atoms with E-state index in [2.05, 4.69) is 0 Å². The largest absolute Gasteiger partial charge is 0.508 e. The highest BCUT2D eigenvalue weighted by Gasteiger charge is 2.11. The van der Waals surface area contributed by atoms with Gasteiger partial charge in [0.1, 0.15) is 5.75 Å². The van der Waals surface area contributed by atoms with Gasteiger partial charge in [0.2, 0.25) is 0 Å². The van der Waals surface area contributed by atoms with Gasteiger partial charge in [0, 0.05) is 12.1 Å². The number of nitrogens with zero attached hydrogens (tertiary/aromatic N) is 1. The number of hydrogen-bond donors (Lipinski definition) is 1. The average molecular weight is 337 g/mol. The van der Waals surface area contributed by atoms with E-state index in [0.29, 0.717) is 23.7 Å². The summed E-state index contributed by atoms with van der Waals surface area (Å²) in [5, 5.41) is 9.85. The van der Waals surface area contributed by atoms with Crippen molar-refractivity contribution in [2.24, 2.45) is 0 Å². The molecule has 0 aliphatic carbocycles. The van der Waals surface area contributed by atoms with Gasteiger partial charge in [-0.1, -0.05) is 36.4 Å². The maximum Gasteiger partial charge on any atom is 0.255 e. The minimum absolute atomic E-state index is 0.0487. The van der Waals surface area contributed by atoms with E-state index in [-0.39, 0.29) is 11.3 Å². The first-order chi connectivity index (χ1) is 12.1. The van der Waals surface area contributed by atoms with Crippen LogP contribution in [0.2, 0.25) is 0 Å². The van der Waals surface area contributed by atoms with Crippen molar-refractivity contribution in [1.29, 1.82) is 0 Å². The van der Waals surface area contributed by atoms with Crippen LogP contribution >= 0.6 is 0 Å². The predicted molar refractivity (Wildman–Crippen MR) is 96.5 cm³/mol. The minimum Gasteiger partial charge on any atom is -0.508 e. The molecule has 1 heterocycles. The molecule has 0 amide bonds. The van der Waals surface area contributed by atoms with E-state index in [1.54, 1.807) is 24.9 Å². The molecule has 0 fully saturated rings. The van der Waals surface area contributed by atoms with Gasteiger partial charge >= 0.3 is 0 Å². The number of pyridine rings is 1. The van der Waals surface area contributed by atoms with E-state index in [1.807, 2.05) is 48.5 Å². The molecule has 2 aromatic carbocycles. The molecule has 0 saturated heterocycles. The lowest BCUT2D eigenvalue weighted by molar-refractivity contribution is 0.354. The van der Waals surface area contributed by atoms with Gasteiger partial charge in [0.15, 0.2) is 11.5 Å². The highest BCUT2D eigenvalue weighted by Crippen LogP contribution is 2.29. The van der Waals surface area contributed by atoms with Crippen molar-refractivity contribution >= 4 is 0 Å². The molecule has 0 atom stereocenters. The molecule has 3 aromatic rings. The highest BCUT2D eigenvalue weighted by atomic mass is 16.5. The fraction of sp³-hybridized carbons (Fsp3) is 0.150. The van der Waals surface area contributed by atoms with Gasteiger partial charge in [-0.3, -0.25) is 4.79 Å². The Balaban J connectivity index is 2.08. The SMILES string of the molecule is COc1ccc(Cn2c(-c3ccccc3)cc(O)cc2=O)cc1OC. The molecule has 0 aliphatic heterocycles. The first-order valence-electron chi connectivity index (χ1n) is 7.82. The number of aromatic nitrogens is 1. The fourth-order valence-electron chi connectivity index (χ4n) is 2.76. The molecular formula is C20H19NO4. The topological polar surface area (TPSA) is 60.7 Å². The van der Waals surface area contributed by atoms with E-state index in [0.717, 1.165) is 11.1 Å². The van der Waals surface area contributed by atoms with Crippen LogP contribution in [-0.4, -0.2) is 23.9 Å². The Labute approximate surface area is 145 Å². The van der Waals surface area contributed by atoms with Crippen LogP contribution in [0.25, 0.3) is 11.3 Å². The molecule has 0 bridgehead atoms. The molecular weight excluding hydrogens is 318 g/mol. The molecule has 0 unspecified atom stereocenters. The van der Waals surface area contributed by atoms with Gasteiger partial charge < -0.3 is 19.1 Å². The summed E-state index contributed by atoms with van der Waals surface area (Å²) in [5.74, 6) is 1.19. The Hall–Kier alpha value is -3.21. The lowest BCUT2D eigenvalue weighted by Gasteiger charge is -2.15. The van der Waals surface area contributed by atoms with Crippen molar-refractivity contribution in [1.82, 2.24) is 4.57 Å². The standard InChI is InChI=1S/C20H19NO4/c1-24-18-9-8-14(10-19(18)25-2)13-21-17(11-16(22)12-20(21)23)15-6-4-3-5-7-15/h3-12,22H,13H2,1-2H3. The second-order valence-corrected chi connectivity index (χ2v) is 5.58. The molecule has 1 aromatic heterocycles. The second kappa shape index (κ2) is 7.13. The van der Waals surface area contributed by atoms with Crippen molar-refractivity contribution < 1.29 is 14.6 Å². The maximum absolute atomic E-state index is 12.5. The lowest BCUT2D eigenvalue weighted by Crippen LogP contribution is -2.21. The van der Waals surface area contributed by atoms with Crippen LogP contribution in [0.4, 0.5) is 0 Å².